The van der Waals surface area contributed by atoms with Crippen molar-refractivity contribution in [2.45, 2.75) is 13.1 Å². The molecule has 0 saturated heterocycles. The minimum absolute atomic E-state index is 0.00562. The number of benzene rings is 3. The first-order valence-corrected chi connectivity index (χ1v) is 13.3. The van der Waals surface area contributed by atoms with Gasteiger partial charge < -0.3 is 4.98 Å². The summed E-state index contributed by atoms with van der Waals surface area (Å²) in [5, 5.41) is 4.40. The van der Waals surface area contributed by atoms with Crippen LogP contribution in [0.1, 0.15) is 11.3 Å². The minimum atomic E-state index is -4.48. The molecule has 0 amide bonds. The van der Waals surface area contributed by atoms with Gasteiger partial charge in [0.1, 0.15) is 0 Å². The molecule has 0 bridgehead atoms. The largest absolute Gasteiger partial charge is 0.418 e. The van der Waals surface area contributed by atoms with Gasteiger partial charge in [0, 0.05) is 11.9 Å². The molecular weight excluding hydrogens is 461 g/mol. The third-order valence-electron chi connectivity index (χ3n) is 6.33. The summed E-state index contributed by atoms with van der Waals surface area (Å²) in [6.07, 6.45) is -2.86. The summed E-state index contributed by atoms with van der Waals surface area (Å²) in [6.45, 7) is 1.62. The molecule has 6 heteroatoms. The predicted octanol–water partition coefficient (Wildman–Crippen LogP) is 4.78. The highest BCUT2D eigenvalue weighted by Gasteiger charge is 2.42. The molecule has 0 aliphatic rings. The predicted molar refractivity (Wildman–Crippen MR) is 137 cm³/mol. The van der Waals surface area contributed by atoms with Gasteiger partial charge in [0.2, 0.25) is 0 Å². The summed E-state index contributed by atoms with van der Waals surface area (Å²) in [5.74, 6) is 0. The summed E-state index contributed by atoms with van der Waals surface area (Å²) in [7, 11) is -2.86. The summed E-state index contributed by atoms with van der Waals surface area (Å²) in [6, 6.07) is 35.7. The number of aromatic amines is 1. The Morgan fingerprint density at radius 2 is 1.14 bits per heavy atom. The van der Waals surface area contributed by atoms with Gasteiger partial charge in [-0.25, -0.2) is 0 Å². The van der Waals surface area contributed by atoms with Crippen molar-refractivity contribution < 1.29 is 13.2 Å². The standard InChI is InChI=1S/C29H23F3N2Si/c1-21-19-26(29(30,31)32)28(34-21)27-20-25(17-18-33-27)35(22-11-5-2-6-12-22,23-13-7-3-8-14-23)24-15-9-4-10-16-24/h2-20,34H,1H3. The number of aromatic nitrogens is 2. The molecule has 0 fully saturated rings. The number of nitrogens with zero attached hydrogens (tertiary/aromatic N) is 1. The van der Waals surface area contributed by atoms with E-state index in [1.165, 1.54) is 0 Å². The molecule has 35 heavy (non-hydrogen) atoms. The van der Waals surface area contributed by atoms with Crippen molar-refractivity contribution in [2.75, 3.05) is 0 Å². The van der Waals surface area contributed by atoms with Gasteiger partial charge in [0.05, 0.1) is 17.0 Å². The van der Waals surface area contributed by atoms with Crippen molar-refractivity contribution in [3.8, 4) is 11.4 Å². The van der Waals surface area contributed by atoms with E-state index in [1.807, 2.05) is 66.7 Å². The van der Waals surface area contributed by atoms with Gasteiger partial charge in [-0.05, 0) is 45.9 Å². The summed E-state index contributed by atoms with van der Waals surface area (Å²) in [4.78, 5) is 7.28. The lowest BCUT2D eigenvalue weighted by atomic mass is 10.1. The van der Waals surface area contributed by atoms with E-state index in [9.17, 15) is 13.2 Å². The summed E-state index contributed by atoms with van der Waals surface area (Å²) in [5.41, 5.74) is 0.0137. The first-order chi connectivity index (χ1) is 16.9. The smallest absolute Gasteiger partial charge is 0.357 e. The lowest BCUT2D eigenvalue weighted by Gasteiger charge is -2.34. The van der Waals surface area contributed by atoms with E-state index in [4.69, 9.17) is 0 Å². The molecule has 2 aromatic heterocycles. The average molecular weight is 485 g/mol. The van der Waals surface area contributed by atoms with Crippen LogP contribution in [-0.2, 0) is 6.18 Å². The Hall–Kier alpha value is -3.90. The highest BCUT2D eigenvalue weighted by atomic mass is 28.3. The van der Waals surface area contributed by atoms with Crippen LogP contribution in [0, 0.1) is 6.92 Å². The fraction of sp³-hybridized carbons (Fsp3) is 0.0690. The Labute approximate surface area is 203 Å². The van der Waals surface area contributed by atoms with Crippen molar-refractivity contribution in [3.05, 3.63) is 127 Å². The van der Waals surface area contributed by atoms with E-state index < -0.39 is 19.8 Å². The Kier molecular flexibility index (Phi) is 5.91. The highest BCUT2D eigenvalue weighted by Crippen LogP contribution is 2.36. The van der Waals surface area contributed by atoms with Gasteiger partial charge in [-0.3, -0.25) is 4.98 Å². The van der Waals surface area contributed by atoms with Crippen molar-refractivity contribution in [1.82, 2.24) is 9.97 Å². The van der Waals surface area contributed by atoms with Crippen LogP contribution < -0.4 is 20.7 Å². The van der Waals surface area contributed by atoms with Gasteiger partial charge in [-0.15, -0.1) is 0 Å². The zero-order valence-corrected chi connectivity index (χ0v) is 20.1. The molecule has 0 radical (unpaired) electrons. The van der Waals surface area contributed by atoms with Crippen molar-refractivity contribution in [2.24, 2.45) is 0 Å². The van der Waals surface area contributed by atoms with E-state index in [2.05, 4.69) is 46.4 Å². The summed E-state index contributed by atoms with van der Waals surface area (Å²) >= 11 is 0. The maximum atomic E-state index is 13.8. The zero-order valence-electron chi connectivity index (χ0n) is 19.1. The number of hydrogen-bond acceptors (Lipinski definition) is 1. The maximum Gasteiger partial charge on any atom is 0.418 e. The maximum absolute atomic E-state index is 13.8. The molecule has 0 unspecified atom stereocenters. The molecule has 2 nitrogen and oxygen atoms in total. The van der Waals surface area contributed by atoms with Crippen LogP contribution in [0.5, 0.6) is 0 Å². The van der Waals surface area contributed by atoms with E-state index in [1.54, 1.807) is 13.1 Å². The molecule has 5 aromatic rings. The molecule has 0 spiro atoms. The van der Waals surface area contributed by atoms with Gasteiger partial charge in [-0.1, -0.05) is 91.0 Å². The Bertz CT molecular complexity index is 1330. The summed E-state index contributed by atoms with van der Waals surface area (Å²) < 4.78 is 41.5. The first-order valence-electron chi connectivity index (χ1n) is 11.3. The van der Waals surface area contributed by atoms with E-state index in [-0.39, 0.29) is 11.4 Å². The normalized spacial score (nSPS) is 12.0. The molecule has 0 saturated carbocycles. The third-order valence-corrected chi connectivity index (χ3v) is 11.1. The third kappa shape index (κ3) is 4.10. The van der Waals surface area contributed by atoms with Crippen LogP contribution in [-0.4, -0.2) is 18.0 Å². The lowest BCUT2D eigenvalue weighted by Crippen LogP contribution is -2.74. The molecule has 0 aliphatic carbocycles. The van der Waals surface area contributed by atoms with Gasteiger partial charge >= 0.3 is 6.18 Å². The van der Waals surface area contributed by atoms with Gasteiger partial charge in [0.15, 0.2) is 8.07 Å². The number of nitrogens with one attached hydrogen (secondary N) is 1. The molecule has 0 atom stereocenters. The number of halogens is 3. The second-order valence-corrected chi connectivity index (χ2v) is 12.3. The second-order valence-electron chi connectivity index (χ2n) is 8.52. The van der Waals surface area contributed by atoms with Crippen molar-refractivity contribution >= 4 is 28.8 Å². The van der Waals surface area contributed by atoms with Crippen molar-refractivity contribution in [3.63, 3.8) is 0 Å². The molecule has 5 rings (SSSR count). The van der Waals surface area contributed by atoms with Crippen molar-refractivity contribution in [1.29, 1.82) is 0 Å². The van der Waals surface area contributed by atoms with Crippen LogP contribution in [0.4, 0.5) is 13.2 Å². The van der Waals surface area contributed by atoms with Crippen LogP contribution in [0.2, 0.25) is 0 Å². The van der Waals surface area contributed by atoms with Crippen LogP contribution in [0.25, 0.3) is 11.4 Å². The topological polar surface area (TPSA) is 28.7 Å². The molecule has 174 valence electrons. The molecular formula is C29H23F3N2Si. The monoisotopic (exact) mass is 484 g/mol. The Morgan fingerprint density at radius 1 is 0.657 bits per heavy atom. The quantitative estimate of drug-likeness (QED) is 0.282. The Balaban J connectivity index is 1.84. The molecule has 3 aromatic carbocycles. The van der Waals surface area contributed by atoms with E-state index in [0.29, 0.717) is 5.69 Å². The second kappa shape index (κ2) is 9.04. The van der Waals surface area contributed by atoms with Crippen LogP contribution in [0.3, 0.4) is 0 Å². The average Bonchev–Trinajstić information content (AvgIpc) is 3.29. The minimum Gasteiger partial charge on any atom is -0.357 e. The Morgan fingerprint density at radius 3 is 1.60 bits per heavy atom. The molecule has 1 N–H and O–H groups in total. The molecule has 2 heterocycles. The van der Waals surface area contributed by atoms with Gasteiger partial charge in [0.25, 0.3) is 0 Å². The molecule has 0 aliphatic heterocycles. The number of rotatable bonds is 5. The number of alkyl halides is 3. The fourth-order valence-electron chi connectivity index (χ4n) is 4.88. The number of H-pyrrole nitrogens is 1. The van der Waals surface area contributed by atoms with E-state index in [0.717, 1.165) is 26.8 Å². The highest BCUT2D eigenvalue weighted by molar-refractivity contribution is 7.19. The van der Waals surface area contributed by atoms with E-state index >= 15 is 0 Å². The fourth-order valence-corrected chi connectivity index (χ4v) is 9.63. The van der Waals surface area contributed by atoms with Gasteiger partial charge in [-0.2, -0.15) is 13.2 Å². The zero-order chi connectivity index (χ0) is 24.5. The lowest BCUT2D eigenvalue weighted by molar-refractivity contribution is -0.137. The number of pyridine rings is 1. The van der Waals surface area contributed by atoms with Crippen LogP contribution >= 0.6 is 0 Å². The number of aryl methyl sites for hydroxylation is 1. The number of hydrogen-bond donors (Lipinski definition) is 1. The SMILES string of the molecule is Cc1cc(C(F)(F)F)c(-c2cc([Si](c3ccccc3)(c3ccccc3)c3ccccc3)ccn2)[nH]1. The van der Waals surface area contributed by atoms with Crippen LogP contribution in [0.15, 0.2) is 115 Å². The first kappa shape index (κ1) is 22.9.